The summed E-state index contributed by atoms with van der Waals surface area (Å²) in [7, 11) is 0. The second-order valence-corrected chi connectivity index (χ2v) is 8.47. The summed E-state index contributed by atoms with van der Waals surface area (Å²) in [6.07, 6.45) is 8.11. The van der Waals surface area contributed by atoms with Crippen molar-refractivity contribution in [1.82, 2.24) is 0 Å². The van der Waals surface area contributed by atoms with Crippen molar-refractivity contribution in [2.45, 2.75) is 44.9 Å². The van der Waals surface area contributed by atoms with Crippen molar-refractivity contribution < 1.29 is 9.72 Å². The summed E-state index contributed by atoms with van der Waals surface area (Å²) in [5, 5.41) is 13.9. The molecule has 5 rings (SSSR count). The minimum absolute atomic E-state index is 0.0337. The van der Waals surface area contributed by atoms with Crippen LogP contribution in [0.4, 0.5) is 11.4 Å². The molecule has 4 saturated carbocycles. The summed E-state index contributed by atoms with van der Waals surface area (Å²) < 4.78 is 0. The van der Waals surface area contributed by atoms with E-state index in [2.05, 4.69) is 5.32 Å². The van der Waals surface area contributed by atoms with Crippen molar-refractivity contribution in [3.05, 3.63) is 33.3 Å². The third-order valence-electron chi connectivity index (χ3n) is 6.13. The number of benzene rings is 1. The Hall–Kier alpha value is -1.62. The molecule has 0 aromatic heterocycles. The van der Waals surface area contributed by atoms with E-state index in [0.717, 1.165) is 17.8 Å². The SMILES string of the molecule is O=C(CC12CC3CC(CC(C3)C1)C2)Nc1ccc(Cl)c([N+](=O)[O-])c1. The van der Waals surface area contributed by atoms with Crippen LogP contribution in [0, 0.1) is 33.3 Å². The van der Waals surface area contributed by atoms with Crippen LogP contribution in [0.5, 0.6) is 0 Å². The van der Waals surface area contributed by atoms with Gasteiger partial charge in [0.1, 0.15) is 5.02 Å². The lowest BCUT2D eigenvalue weighted by atomic mass is 9.49. The van der Waals surface area contributed by atoms with Crippen molar-refractivity contribution in [1.29, 1.82) is 0 Å². The first-order valence-corrected chi connectivity index (χ1v) is 9.04. The van der Waals surface area contributed by atoms with Gasteiger partial charge in [-0.05, 0) is 73.8 Å². The van der Waals surface area contributed by atoms with E-state index < -0.39 is 4.92 Å². The molecule has 0 unspecified atom stereocenters. The average Bonchev–Trinajstić information content (AvgIpc) is 2.46. The first-order valence-electron chi connectivity index (χ1n) is 8.66. The summed E-state index contributed by atoms with van der Waals surface area (Å²) in [5.74, 6) is 2.38. The number of amides is 1. The molecule has 0 heterocycles. The molecule has 0 saturated heterocycles. The maximum Gasteiger partial charge on any atom is 0.289 e. The molecular formula is C18H21ClN2O3. The number of nitro benzene ring substituents is 1. The summed E-state index contributed by atoms with van der Waals surface area (Å²) in [6.45, 7) is 0. The predicted molar refractivity (Wildman–Crippen MR) is 92.0 cm³/mol. The van der Waals surface area contributed by atoms with E-state index in [1.807, 2.05) is 0 Å². The normalized spacial score (nSPS) is 33.5. The minimum Gasteiger partial charge on any atom is -0.326 e. The van der Waals surface area contributed by atoms with Crippen LogP contribution < -0.4 is 5.32 Å². The van der Waals surface area contributed by atoms with Crippen LogP contribution in [0.15, 0.2) is 18.2 Å². The van der Waals surface area contributed by atoms with Gasteiger partial charge < -0.3 is 5.32 Å². The molecule has 1 amide bonds. The Morgan fingerprint density at radius 2 is 1.79 bits per heavy atom. The summed E-state index contributed by atoms with van der Waals surface area (Å²) >= 11 is 5.82. The number of hydrogen-bond donors (Lipinski definition) is 1. The van der Waals surface area contributed by atoms with E-state index in [9.17, 15) is 14.9 Å². The molecule has 0 atom stereocenters. The Kier molecular flexibility index (Phi) is 3.79. The molecule has 1 N–H and O–H groups in total. The van der Waals surface area contributed by atoms with Gasteiger partial charge in [-0.2, -0.15) is 0 Å². The molecule has 128 valence electrons. The minimum atomic E-state index is -0.531. The highest BCUT2D eigenvalue weighted by Crippen LogP contribution is 2.61. The van der Waals surface area contributed by atoms with E-state index in [-0.39, 0.29) is 22.0 Å². The molecular weight excluding hydrogens is 328 g/mol. The fourth-order valence-corrected chi connectivity index (χ4v) is 5.97. The van der Waals surface area contributed by atoms with Crippen LogP contribution in [0.25, 0.3) is 0 Å². The van der Waals surface area contributed by atoms with Crippen molar-refractivity contribution in [3.8, 4) is 0 Å². The molecule has 1 aromatic rings. The highest BCUT2D eigenvalue weighted by molar-refractivity contribution is 6.32. The monoisotopic (exact) mass is 348 g/mol. The van der Waals surface area contributed by atoms with Crippen molar-refractivity contribution in [2.24, 2.45) is 23.2 Å². The van der Waals surface area contributed by atoms with E-state index >= 15 is 0 Å². The fraction of sp³-hybridized carbons (Fsp3) is 0.611. The van der Waals surface area contributed by atoms with E-state index in [1.54, 1.807) is 6.07 Å². The molecule has 4 aliphatic rings. The van der Waals surface area contributed by atoms with Gasteiger partial charge in [-0.1, -0.05) is 11.6 Å². The van der Waals surface area contributed by atoms with E-state index in [4.69, 9.17) is 11.6 Å². The Morgan fingerprint density at radius 1 is 1.21 bits per heavy atom. The maximum atomic E-state index is 12.5. The second kappa shape index (κ2) is 5.73. The number of halogens is 1. The molecule has 4 aliphatic carbocycles. The van der Waals surface area contributed by atoms with Gasteiger partial charge in [0.2, 0.25) is 5.91 Å². The zero-order valence-corrected chi connectivity index (χ0v) is 14.2. The molecule has 0 radical (unpaired) electrons. The van der Waals surface area contributed by atoms with Crippen LogP contribution in [-0.4, -0.2) is 10.8 Å². The maximum absolute atomic E-state index is 12.5. The molecule has 1 aromatic carbocycles. The van der Waals surface area contributed by atoms with Gasteiger partial charge in [-0.25, -0.2) is 0 Å². The third-order valence-corrected chi connectivity index (χ3v) is 6.45. The highest BCUT2D eigenvalue weighted by atomic mass is 35.5. The molecule has 4 fully saturated rings. The van der Waals surface area contributed by atoms with Gasteiger partial charge in [0.15, 0.2) is 0 Å². The number of carbonyl (C=O) groups excluding carboxylic acids is 1. The summed E-state index contributed by atoms with van der Waals surface area (Å²) in [6, 6.07) is 4.41. The molecule has 6 heteroatoms. The lowest BCUT2D eigenvalue weighted by molar-refractivity contribution is -0.384. The van der Waals surface area contributed by atoms with Gasteiger partial charge in [-0.15, -0.1) is 0 Å². The Bertz CT molecular complexity index is 668. The number of nitrogens with zero attached hydrogens (tertiary/aromatic N) is 1. The van der Waals surface area contributed by atoms with Crippen LogP contribution in [0.3, 0.4) is 0 Å². The van der Waals surface area contributed by atoms with Crippen LogP contribution in [0.1, 0.15) is 44.9 Å². The number of nitrogens with one attached hydrogen (secondary N) is 1. The highest BCUT2D eigenvalue weighted by Gasteiger charge is 2.51. The Balaban J connectivity index is 1.46. The molecule has 4 bridgehead atoms. The summed E-state index contributed by atoms with van der Waals surface area (Å²) in [4.78, 5) is 23.0. The van der Waals surface area contributed by atoms with E-state index in [0.29, 0.717) is 12.1 Å². The van der Waals surface area contributed by atoms with Gasteiger partial charge in [0, 0.05) is 18.2 Å². The predicted octanol–water partition coefficient (Wildman–Crippen LogP) is 4.79. The lowest BCUT2D eigenvalue weighted by Crippen LogP contribution is -2.47. The van der Waals surface area contributed by atoms with Gasteiger partial charge in [-0.3, -0.25) is 14.9 Å². The average molecular weight is 349 g/mol. The first kappa shape index (κ1) is 15.9. The molecule has 24 heavy (non-hydrogen) atoms. The number of carbonyl (C=O) groups is 1. The van der Waals surface area contributed by atoms with Crippen LogP contribution in [-0.2, 0) is 4.79 Å². The van der Waals surface area contributed by atoms with Gasteiger partial charge >= 0.3 is 0 Å². The number of hydrogen-bond acceptors (Lipinski definition) is 3. The largest absolute Gasteiger partial charge is 0.326 e. The Morgan fingerprint density at radius 3 is 2.33 bits per heavy atom. The topological polar surface area (TPSA) is 72.2 Å². The van der Waals surface area contributed by atoms with Crippen molar-refractivity contribution in [3.63, 3.8) is 0 Å². The van der Waals surface area contributed by atoms with Crippen LogP contribution >= 0.6 is 11.6 Å². The van der Waals surface area contributed by atoms with Crippen molar-refractivity contribution >= 4 is 28.9 Å². The van der Waals surface area contributed by atoms with Gasteiger partial charge in [0.05, 0.1) is 4.92 Å². The standard InChI is InChI=1S/C18H21ClN2O3/c19-15-2-1-14(6-16(15)21(23)24)20-17(22)10-18-7-11-3-12(8-18)5-13(4-11)9-18/h1-2,6,11-13H,3-5,7-10H2,(H,20,22). The number of nitro groups is 1. The van der Waals surface area contributed by atoms with Crippen LogP contribution in [0.2, 0.25) is 5.02 Å². The zero-order chi connectivity index (χ0) is 16.9. The second-order valence-electron chi connectivity index (χ2n) is 8.07. The third kappa shape index (κ3) is 2.90. The molecule has 5 nitrogen and oxygen atoms in total. The molecule has 0 aliphatic heterocycles. The zero-order valence-electron chi connectivity index (χ0n) is 13.5. The quantitative estimate of drug-likeness (QED) is 0.627. The lowest BCUT2D eigenvalue weighted by Gasteiger charge is -2.56. The smallest absolute Gasteiger partial charge is 0.289 e. The van der Waals surface area contributed by atoms with Crippen molar-refractivity contribution in [2.75, 3.05) is 5.32 Å². The fourth-order valence-electron chi connectivity index (χ4n) is 5.78. The Labute approximate surface area is 145 Å². The van der Waals surface area contributed by atoms with E-state index in [1.165, 1.54) is 50.7 Å². The first-order chi connectivity index (χ1) is 11.4. The molecule has 0 spiro atoms. The number of rotatable bonds is 4. The number of anilines is 1. The van der Waals surface area contributed by atoms with Gasteiger partial charge in [0.25, 0.3) is 5.69 Å². The summed E-state index contributed by atoms with van der Waals surface area (Å²) in [5.41, 5.74) is 0.432.